The molecule has 3 aromatic carbocycles. The van der Waals surface area contributed by atoms with Gasteiger partial charge in [0.1, 0.15) is 29.7 Å². The van der Waals surface area contributed by atoms with Crippen LogP contribution in [0.5, 0.6) is 17.2 Å². The SMILES string of the molecule is CCc1c2c(nc3ccc(OC(=O)N4CCC(c5nc6cc(N7C(c8cc(C(C)C)c(O)cc8O)=NNC7O)ccc6n5C)CC4)cc13)-c1cc3c(c(=O)n1C2)COC(=O)C3(O)CC. The van der Waals surface area contributed by atoms with Gasteiger partial charge in [-0.2, -0.15) is 5.10 Å². The Morgan fingerprint density at radius 2 is 1.77 bits per heavy atom. The van der Waals surface area contributed by atoms with Crippen molar-refractivity contribution in [3.05, 3.63) is 104 Å². The van der Waals surface area contributed by atoms with Crippen LogP contribution in [0.15, 0.2) is 64.5 Å². The molecule has 2 unspecified atom stereocenters. The number of amides is 1. The topological polar surface area (TPSA) is 217 Å². The van der Waals surface area contributed by atoms with E-state index in [0.29, 0.717) is 83.2 Å². The highest BCUT2D eigenvalue weighted by atomic mass is 16.6. The average Bonchev–Trinajstić information content (AvgIpc) is 3.96. The van der Waals surface area contributed by atoms with Crippen LogP contribution in [0.4, 0.5) is 10.5 Å². The van der Waals surface area contributed by atoms with Crippen LogP contribution in [-0.4, -0.2) is 81.8 Å². The highest BCUT2D eigenvalue weighted by molar-refractivity contribution is 6.13. The summed E-state index contributed by atoms with van der Waals surface area (Å²) in [7, 11) is 1.97. The molecule has 0 aliphatic carbocycles. The Hall–Kier alpha value is -6.98. The fraction of sp³-hybridized carbons (Fsp3) is 0.362. The minimum absolute atomic E-state index is 0.0179. The summed E-state index contributed by atoms with van der Waals surface area (Å²) in [5.74, 6) is 0.637. The van der Waals surface area contributed by atoms with E-state index in [4.69, 9.17) is 19.4 Å². The van der Waals surface area contributed by atoms with Gasteiger partial charge in [-0.15, -0.1) is 0 Å². The average molecular weight is 869 g/mol. The van der Waals surface area contributed by atoms with Crippen molar-refractivity contribution in [1.29, 1.82) is 0 Å². The number of carbonyl (C=O) groups is 2. The number of benzene rings is 3. The van der Waals surface area contributed by atoms with Gasteiger partial charge in [0.2, 0.25) is 6.35 Å². The summed E-state index contributed by atoms with van der Waals surface area (Å²) in [5, 5.41) is 48.6. The fourth-order valence-electron chi connectivity index (χ4n) is 9.85. The molecule has 4 aliphatic heterocycles. The van der Waals surface area contributed by atoms with E-state index in [2.05, 4.69) is 15.1 Å². The van der Waals surface area contributed by atoms with Gasteiger partial charge in [0.15, 0.2) is 11.4 Å². The van der Waals surface area contributed by atoms with Crippen molar-refractivity contribution in [2.75, 3.05) is 18.0 Å². The molecular weight excluding hydrogens is 821 g/mol. The van der Waals surface area contributed by atoms with Crippen molar-refractivity contribution in [3.8, 4) is 28.6 Å². The molecule has 4 aliphatic rings. The minimum atomic E-state index is -1.91. The van der Waals surface area contributed by atoms with E-state index < -0.39 is 24.0 Å². The number of esters is 1. The first-order valence-electron chi connectivity index (χ1n) is 21.6. The van der Waals surface area contributed by atoms with Gasteiger partial charge in [0.25, 0.3) is 5.56 Å². The number of aliphatic hydroxyl groups excluding tert-OH is 1. The number of nitrogens with one attached hydrogen (secondary N) is 1. The van der Waals surface area contributed by atoms with E-state index >= 15 is 0 Å². The number of aliphatic hydroxyl groups is 2. The van der Waals surface area contributed by atoms with Gasteiger partial charge in [-0.25, -0.2) is 19.6 Å². The number of phenolic OH excluding ortho intramolecular Hbond substituents is 2. The number of ether oxygens (including phenoxy) is 2. The number of anilines is 1. The molecule has 6 aromatic rings. The number of fused-ring (bicyclic) bond motifs is 6. The largest absolute Gasteiger partial charge is 0.508 e. The van der Waals surface area contributed by atoms with Crippen LogP contribution in [0.1, 0.15) is 98.0 Å². The lowest BCUT2D eigenvalue weighted by Crippen LogP contribution is -2.44. The number of rotatable bonds is 7. The smallest absolute Gasteiger partial charge is 0.415 e. The monoisotopic (exact) mass is 868 g/mol. The number of hydrogen-bond donors (Lipinski definition) is 5. The second kappa shape index (κ2) is 15.1. The highest BCUT2D eigenvalue weighted by Crippen LogP contribution is 2.42. The Kier molecular flexibility index (Phi) is 9.68. The summed E-state index contributed by atoms with van der Waals surface area (Å²) in [6.45, 7) is 8.56. The zero-order chi connectivity index (χ0) is 44.9. The summed E-state index contributed by atoms with van der Waals surface area (Å²) >= 11 is 0. The summed E-state index contributed by atoms with van der Waals surface area (Å²) in [4.78, 5) is 53.3. The third kappa shape index (κ3) is 6.27. The Bertz CT molecular complexity index is 3060. The molecule has 10 rings (SSSR count). The number of pyridine rings is 2. The van der Waals surface area contributed by atoms with Crippen molar-refractivity contribution < 1.29 is 39.5 Å². The summed E-state index contributed by atoms with van der Waals surface area (Å²) in [6.07, 6.45) is 0.339. The molecule has 3 aromatic heterocycles. The number of aromatic hydroxyl groups is 2. The Morgan fingerprint density at radius 1 is 0.984 bits per heavy atom. The van der Waals surface area contributed by atoms with Crippen LogP contribution >= 0.6 is 0 Å². The molecular formula is C47H48N8O9. The molecule has 0 saturated carbocycles. The zero-order valence-corrected chi connectivity index (χ0v) is 36.0. The van der Waals surface area contributed by atoms with Crippen molar-refractivity contribution in [2.24, 2.45) is 12.1 Å². The maximum Gasteiger partial charge on any atom is 0.415 e. The number of amidine groups is 1. The zero-order valence-electron chi connectivity index (χ0n) is 36.0. The van der Waals surface area contributed by atoms with Gasteiger partial charge in [-0.1, -0.05) is 27.7 Å². The number of phenols is 2. The molecule has 1 amide bonds. The Morgan fingerprint density at radius 3 is 2.50 bits per heavy atom. The normalized spacial score (nSPS) is 19.5. The lowest BCUT2D eigenvalue weighted by Gasteiger charge is -2.31. The Balaban J connectivity index is 0.849. The first kappa shape index (κ1) is 41.1. The molecule has 0 spiro atoms. The summed E-state index contributed by atoms with van der Waals surface area (Å²) in [6, 6.07) is 15.7. The maximum atomic E-state index is 13.8. The lowest BCUT2D eigenvalue weighted by atomic mass is 9.86. The maximum absolute atomic E-state index is 13.8. The van der Waals surface area contributed by atoms with Crippen LogP contribution in [0, 0.1) is 0 Å². The first-order valence-corrected chi connectivity index (χ1v) is 21.6. The molecule has 330 valence electrons. The number of likely N-dealkylation sites (tertiary alicyclic amines) is 1. The highest BCUT2D eigenvalue weighted by Gasteiger charge is 2.45. The van der Waals surface area contributed by atoms with Crippen molar-refractivity contribution in [1.82, 2.24) is 29.4 Å². The van der Waals surface area contributed by atoms with Gasteiger partial charge >= 0.3 is 12.1 Å². The van der Waals surface area contributed by atoms with E-state index in [1.165, 1.54) is 6.07 Å². The summed E-state index contributed by atoms with van der Waals surface area (Å²) in [5.41, 5.74) is 7.83. The van der Waals surface area contributed by atoms with Crippen LogP contribution < -0.4 is 20.6 Å². The molecule has 0 bridgehead atoms. The molecule has 17 nitrogen and oxygen atoms in total. The second-order valence-corrected chi connectivity index (χ2v) is 17.3. The molecule has 0 radical (unpaired) electrons. The number of cyclic esters (lactones) is 1. The number of hydrazone groups is 1. The van der Waals surface area contributed by atoms with Crippen molar-refractivity contribution in [2.45, 2.75) is 90.3 Å². The van der Waals surface area contributed by atoms with E-state index in [1.54, 1.807) is 45.6 Å². The van der Waals surface area contributed by atoms with E-state index in [9.17, 15) is 34.8 Å². The molecule has 1 saturated heterocycles. The number of piperidine rings is 1. The summed E-state index contributed by atoms with van der Waals surface area (Å²) < 4.78 is 14.9. The number of hydrogen-bond acceptors (Lipinski definition) is 14. The third-order valence-corrected chi connectivity index (χ3v) is 13.4. The van der Waals surface area contributed by atoms with Crippen LogP contribution in [0.3, 0.4) is 0 Å². The molecule has 5 N–H and O–H groups in total. The second-order valence-electron chi connectivity index (χ2n) is 17.3. The Labute approximate surface area is 366 Å². The molecule has 1 fully saturated rings. The van der Waals surface area contributed by atoms with Crippen LogP contribution in [0.25, 0.3) is 33.3 Å². The number of nitrogens with zero attached hydrogens (tertiary/aromatic N) is 7. The quantitative estimate of drug-likeness (QED) is 0.126. The van der Waals surface area contributed by atoms with Gasteiger partial charge in [-0.3, -0.25) is 15.1 Å². The fourth-order valence-corrected chi connectivity index (χ4v) is 9.85. The number of aromatic nitrogens is 4. The number of carbonyl (C=O) groups excluding carboxylic acids is 2. The predicted octanol–water partition coefficient (Wildman–Crippen LogP) is 5.49. The van der Waals surface area contributed by atoms with Crippen molar-refractivity contribution >= 4 is 45.5 Å². The first-order chi connectivity index (χ1) is 30.7. The molecule has 7 heterocycles. The van der Waals surface area contributed by atoms with Gasteiger partial charge in [0.05, 0.1) is 45.6 Å². The van der Waals surface area contributed by atoms with Crippen molar-refractivity contribution in [3.63, 3.8) is 0 Å². The van der Waals surface area contributed by atoms with Gasteiger partial charge < -0.3 is 43.9 Å². The van der Waals surface area contributed by atoms with E-state index in [0.717, 1.165) is 27.9 Å². The van der Waals surface area contributed by atoms with E-state index in [-0.39, 0.29) is 59.6 Å². The van der Waals surface area contributed by atoms with Gasteiger partial charge in [-0.05, 0) is 91.3 Å². The van der Waals surface area contributed by atoms with Crippen LogP contribution in [-0.2, 0) is 41.8 Å². The van der Waals surface area contributed by atoms with Gasteiger partial charge in [0, 0.05) is 54.3 Å². The lowest BCUT2D eigenvalue weighted by molar-refractivity contribution is -0.172. The minimum Gasteiger partial charge on any atom is -0.508 e. The molecule has 2 atom stereocenters. The number of imidazole rings is 1. The van der Waals surface area contributed by atoms with E-state index in [1.807, 2.05) is 52.1 Å². The molecule has 64 heavy (non-hydrogen) atoms. The standard InChI is InChI=1S/C47H48N8O9/c1-6-27-29-17-26(9-10-34(29)48-40-31(27)21-54-37(40)19-33-32(43(54)58)22-63-44(59)47(33,62)7-2)64-46(61)53-14-12-24(13-15-53)41-49-35-16-25(8-11-36(35)52(41)5)55-42(50-51-45(55)60)30-18-28(23(3)4)38(56)20-39(30)57/h8-11,16-20,23-24,45,51,56-57,60,62H,6-7,12-15,21-22H2,1-5H3. The third-order valence-electron chi connectivity index (χ3n) is 13.4. The van der Waals surface area contributed by atoms with Crippen LogP contribution in [0.2, 0.25) is 0 Å². The molecule has 17 heteroatoms. The number of aryl methyl sites for hydroxylation is 2. The predicted molar refractivity (Wildman–Crippen MR) is 236 cm³/mol.